The third-order valence-electron chi connectivity index (χ3n) is 3.82. The lowest BCUT2D eigenvalue weighted by atomic mass is 10.3. The summed E-state index contributed by atoms with van der Waals surface area (Å²) in [7, 11) is 0. The second-order valence-electron chi connectivity index (χ2n) is 5.78. The zero-order valence-corrected chi connectivity index (χ0v) is 14.5. The van der Waals surface area contributed by atoms with E-state index in [0.29, 0.717) is 0 Å². The number of nitrogens with zero attached hydrogens (tertiary/aromatic N) is 6. The molecule has 122 valence electrons. The fourth-order valence-corrected chi connectivity index (χ4v) is 3.23. The van der Waals surface area contributed by atoms with Crippen LogP contribution in [0.25, 0.3) is 0 Å². The zero-order valence-electron chi connectivity index (χ0n) is 13.6. The molecule has 3 heterocycles. The van der Waals surface area contributed by atoms with Gasteiger partial charge in [-0.2, -0.15) is 0 Å². The van der Waals surface area contributed by atoms with Crippen molar-refractivity contribution in [2.45, 2.75) is 19.0 Å². The van der Waals surface area contributed by atoms with Crippen molar-refractivity contribution in [1.82, 2.24) is 24.8 Å². The molecule has 1 saturated heterocycles. The molecule has 0 amide bonds. The number of thioether (sulfide) groups is 1. The van der Waals surface area contributed by atoms with Crippen LogP contribution in [-0.4, -0.2) is 63.3 Å². The molecule has 1 fully saturated rings. The van der Waals surface area contributed by atoms with Crippen molar-refractivity contribution in [3.05, 3.63) is 35.9 Å². The molecule has 2 aromatic rings. The Morgan fingerprint density at radius 1 is 0.870 bits per heavy atom. The smallest absolute Gasteiger partial charge is 0.225 e. The van der Waals surface area contributed by atoms with Gasteiger partial charge in [-0.05, 0) is 25.0 Å². The van der Waals surface area contributed by atoms with Crippen molar-refractivity contribution in [2.24, 2.45) is 0 Å². The standard InChI is InChI=1S/C16H22N6S/c1-13-9-17-15(18-10-13)22-5-3-21(4-6-22)7-8-23-16-19-11-14(2)12-20-16/h9-12H,3-8H2,1-2H3. The first-order chi connectivity index (χ1) is 11.2. The molecule has 0 saturated carbocycles. The highest BCUT2D eigenvalue weighted by molar-refractivity contribution is 7.99. The number of anilines is 1. The maximum atomic E-state index is 4.41. The van der Waals surface area contributed by atoms with Crippen molar-refractivity contribution in [1.29, 1.82) is 0 Å². The summed E-state index contributed by atoms with van der Waals surface area (Å²) in [6.07, 6.45) is 7.51. The minimum Gasteiger partial charge on any atom is -0.338 e. The molecular weight excluding hydrogens is 308 g/mol. The maximum absolute atomic E-state index is 4.41. The van der Waals surface area contributed by atoms with E-state index in [9.17, 15) is 0 Å². The molecule has 1 aliphatic rings. The van der Waals surface area contributed by atoms with E-state index in [1.165, 1.54) is 0 Å². The first-order valence-corrected chi connectivity index (χ1v) is 8.87. The Balaban J connectivity index is 1.40. The van der Waals surface area contributed by atoms with Gasteiger partial charge in [-0.1, -0.05) is 11.8 Å². The van der Waals surface area contributed by atoms with Crippen molar-refractivity contribution >= 4 is 17.7 Å². The van der Waals surface area contributed by atoms with E-state index in [0.717, 1.165) is 60.7 Å². The van der Waals surface area contributed by atoms with Crippen LogP contribution in [0.3, 0.4) is 0 Å². The molecular formula is C16H22N6S. The molecule has 0 atom stereocenters. The van der Waals surface area contributed by atoms with Crippen LogP contribution in [0.2, 0.25) is 0 Å². The van der Waals surface area contributed by atoms with Gasteiger partial charge >= 0.3 is 0 Å². The van der Waals surface area contributed by atoms with Gasteiger partial charge in [-0.25, -0.2) is 19.9 Å². The molecule has 0 aliphatic carbocycles. The second kappa shape index (κ2) is 7.70. The Kier molecular flexibility index (Phi) is 5.40. The molecule has 2 aromatic heterocycles. The summed E-state index contributed by atoms with van der Waals surface area (Å²) in [5.41, 5.74) is 2.20. The molecule has 0 aromatic carbocycles. The summed E-state index contributed by atoms with van der Waals surface area (Å²) in [4.78, 5) is 22.2. The predicted octanol–water partition coefficient (Wildman–Crippen LogP) is 1.80. The number of rotatable bonds is 5. The van der Waals surface area contributed by atoms with Crippen LogP contribution in [0, 0.1) is 13.8 Å². The monoisotopic (exact) mass is 330 g/mol. The third-order valence-corrected chi connectivity index (χ3v) is 4.67. The fraction of sp³-hybridized carbons (Fsp3) is 0.500. The van der Waals surface area contributed by atoms with E-state index in [2.05, 4.69) is 29.7 Å². The third kappa shape index (κ3) is 4.62. The fourth-order valence-electron chi connectivity index (χ4n) is 2.44. The van der Waals surface area contributed by atoms with Gasteiger partial charge in [0, 0.05) is 63.3 Å². The summed E-state index contributed by atoms with van der Waals surface area (Å²) >= 11 is 1.72. The van der Waals surface area contributed by atoms with Gasteiger partial charge < -0.3 is 4.90 Å². The lowest BCUT2D eigenvalue weighted by Gasteiger charge is -2.34. The topological polar surface area (TPSA) is 58.0 Å². The zero-order chi connectivity index (χ0) is 16.1. The molecule has 0 unspecified atom stereocenters. The Labute approximate surface area is 141 Å². The average molecular weight is 330 g/mol. The highest BCUT2D eigenvalue weighted by Gasteiger charge is 2.18. The largest absolute Gasteiger partial charge is 0.338 e. The van der Waals surface area contributed by atoms with Crippen LogP contribution >= 0.6 is 11.8 Å². The summed E-state index contributed by atoms with van der Waals surface area (Å²) < 4.78 is 0. The van der Waals surface area contributed by atoms with E-state index < -0.39 is 0 Å². The summed E-state index contributed by atoms with van der Waals surface area (Å²) in [6, 6.07) is 0. The molecule has 0 bridgehead atoms. The first kappa shape index (κ1) is 16.1. The second-order valence-corrected chi connectivity index (χ2v) is 6.84. The Bertz CT molecular complexity index is 605. The van der Waals surface area contributed by atoms with Crippen molar-refractivity contribution in [3.8, 4) is 0 Å². The van der Waals surface area contributed by atoms with Crippen molar-refractivity contribution in [2.75, 3.05) is 43.4 Å². The van der Waals surface area contributed by atoms with Gasteiger partial charge in [0.05, 0.1) is 0 Å². The molecule has 23 heavy (non-hydrogen) atoms. The minimum absolute atomic E-state index is 0.845. The normalized spacial score (nSPS) is 15.8. The molecule has 0 spiro atoms. The Morgan fingerprint density at radius 2 is 1.43 bits per heavy atom. The lowest BCUT2D eigenvalue weighted by Crippen LogP contribution is -2.47. The predicted molar refractivity (Wildman–Crippen MR) is 92.9 cm³/mol. The van der Waals surface area contributed by atoms with Gasteiger partial charge in [0.15, 0.2) is 5.16 Å². The van der Waals surface area contributed by atoms with Crippen molar-refractivity contribution in [3.63, 3.8) is 0 Å². The van der Waals surface area contributed by atoms with Gasteiger partial charge in [-0.15, -0.1) is 0 Å². The summed E-state index contributed by atoms with van der Waals surface area (Å²) in [6.45, 7) is 9.13. The van der Waals surface area contributed by atoms with Crippen LogP contribution < -0.4 is 4.90 Å². The number of piperazine rings is 1. The molecule has 0 N–H and O–H groups in total. The van der Waals surface area contributed by atoms with Crippen LogP contribution in [0.1, 0.15) is 11.1 Å². The summed E-state index contributed by atoms with van der Waals surface area (Å²) in [5, 5.41) is 0.863. The van der Waals surface area contributed by atoms with E-state index in [1.807, 2.05) is 38.6 Å². The first-order valence-electron chi connectivity index (χ1n) is 7.88. The van der Waals surface area contributed by atoms with E-state index in [1.54, 1.807) is 11.8 Å². The van der Waals surface area contributed by atoms with Gasteiger partial charge in [0.2, 0.25) is 5.95 Å². The minimum atomic E-state index is 0.845. The van der Waals surface area contributed by atoms with Crippen LogP contribution in [-0.2, 0) is 0 Å². The average Bonchev–Trinajstić information content (AvgIpc) is 2.58. The van der Waals surface area contributed by atoms with E-state index in [4.69, 9.17) is 0 Å². The van der Waals surface area contributed by atoms with E-state index in [-0.39, 0.29) is 0 Å². The van der Waals surface area contributed by atoms with Crippen LogP contribution in [0.15, 0.2) is 29.9 Å². The molecule has 1 aliphatic heterocycles. The van der Waals surface area contributed by atoms with E-state index >= 15 is 0 Å². The highest BCUT2D eigenvalue weighted by Crippen LogP contribution is 2.14. The molecule has 3 rings (SSSR count). The SMILES string of the molecule is Cc1cnc(SCCN2CCN(c3ncc(C)cn3)CC2)nc1. The Morgan fingerprint density at radius 3 is 2.04 bits per heavy atom. The maximum Gasteiger partial charge on any atom is 0.225 e. The number of hydrogen-bond acceptors (Lipinski definition) is 7. The number of aryl methyl sites for hydroxylation is 2. The Hall–Kier alpha value is -1.73. The molecule has 7 heteroatoms. The van der Waals surface area contributed by atoms with Crippen LogP contribution in [0.5, 0.6) is 0 Å². The molecule has 6 nitrogen and oxygen atoms in total. The van der Waals surface area contributed by atoms with Gasteiger partial charge in [0.1, 0.15) is 0 Å². The van der Waals surface area contributed by atoms with Gasteiger partial charge in [0.25, 0.3) is 0 Å². The number of aromatic nitrogens is 4. The lowest BCUT2D eigenvalue weighted by molar-refractivity contribution is 0.272. The highest BCUT2D eigenvalue weighted by atomic mass is 32.2. The number of hydrogen-bond donors (Lipinski definition) is 0. The van der Waals surface area contributed by atoms with Crippen molar-refractivity contribution < 1.29 is 0 Å². The summed E-state index contributed by atoms with van der Waals surface area (Å²) in [5.74, 6) is 1.86. The quantitative estimate of drug-likeness (QED) is 0.612. The van der Waals surface area contributed by atoms with Crippen LogP contribution in [0.4, 0.5) is 5.95 Å². The van der Waals surface area contributed by atoms with Gasteiger partial charge in [-0.3, -0.25) is 4.90 Å². The molecule has 0 radical (unpaired) electrons.